The van der Waals surface area contributed by atoms with E-state index in [-0.39, 0.29) is 5.54 Å². The van der Waals surface area contributed by atoms with Crippen LogP contribution >= 0.6 is 11.8 Å². The van der Waals surface area contributed by atoms with E-state index in [2.05, 4.69) is 5.32 Å². The molecule has 114 valence electrons. The Kier molecular flexibility index (Phi) is 3.90. The van der Waals surface area contributed by atoms with Crippen LogP contribution in [0.3, 0.4) is 0 Å². The molecule has 1 aromatic carbocycles. The molecule has 1 saturated carbocycles. The molecule has 0 saturated heterocycles. The summed E-state index contributed by atoms with van der Waals surface area (Å²) in [6.07, 6.45) is 1.68. The maximum absolute atomic E-state index is 12.5. The summed E-state index contributed by atoms with van der Waals surface area (Å²) in [4.78, 5) is 4.79. The van der Waals surface area contributed by atoms with Crippen molar-refractivity contribution in [1.82, 2.24) is 0 Å². The molecule has 1 heterocycles. The second-order valence-electron chi connectivity index (χ2n) is 5.69. The smallest absolute Gasteiger partial charge is 0.335 e. The van der Waals surface area contributed by atoms with Crippen LogP contribution in [0, 0.1) is 0 Å². The van der Waals surface area contributed by atoms with Crippen molar-refractivity contribution >= 4 is 22.6 Å². The van der Waals surface area contributed by atoms with Crippen molar-refractivity contribution in [2.24, 2.45) is 4.99 Å². The minimum atomic E-state index is -4.29. The van der Waals surface area contributed by atoms with Crippen LogP contribution in [0.2, 0.25) is 0 Å². The SMILES string of the molecule is FC(F)(F)c1ccc(NC2=NC3(CCCCC3)CS2)cc1. The van der Waals surface area contributed by atoms with E-state index in [0.717, 1.165) is 35.9 Å². The average molecular weight is 314 g/mol. The maximum Gasteiger partial charge on any atom is 0.416 e. The summed E-state index contributed by atoms with van der Waals surface area (Å²) >= 11 is 1.67. The van der Waals surface area contributed by atoms with Crippen molar-refractivity contribution in [1.29, 1.82) is 0 Å². The number of hydrogen-bond donors (Lipinski definition) is 1. The number of benzene rings is 1. The number of anilines is 1. The fraction of sp³-hybridized carbons (Fsp3) is 0.533. The lowest BCUT2D eigenvalue weighted by Crippen LogP contribution is -2.29. The largest absolute Gasteiger partial charge is 0.416 e. The fourth-order valence-corrected chi connectivity index (χ4v) is 4.09. The molecule has 2 aliphatic rings. The summed E-state index contributed by atoms with van der Waals surface area (Å²) in [5, 5.41) is 3.97. The van der Waals surface area contributed by atoms with Crippen LogP contribution in [0.25, 0.3) is 0 Å². The van der Waals surface area contributed by atoms with Crippen molar-refractivity contribution in [2.45, 2.75) is 43.8 Å². The molecule has 1 aromatic rings. The first-order valence-electron chi connectivity index (χ1n) is 7.14. The van der Waals surface area contributed by atoms with Gasteiger partial charge in [-0.2, -0.15) is 13.2 Å². The third kappa shape index (κ3) is 3.36. The highest BCUT2D eigenvalue weighted by atomic mass is 32.2. The van der Waals surface area contributed by atoms with Crippen LogP contribution in [0.4, 0.5) is 18.9 Å². The highest BCUT2D eigenvalue weighted by Crippen LogP contribution is 2.40. The number of halogens is 3. The van der Waals surface area contributed by atoms with E-state index in [1.807, 2.05) is 0 Å². The number of thioether (sulfide) groups is 1. The Hall–Kier alpha value is -1.17. The number of alkyl halides is 3. The Balaban J connectivity index is 1.68. The summed E-state index contributed by atoms with van der Waals surface area (Å²) < 4.78 is 37.5. The Bertz CT molecular complexity index is 531. The van der Waals surface area contributed by atoms with Crippen LogP contribution < -0.4 is 5.32 Å². The second-order valence-corrected chi connectivity index (χ2v) is 6.65. The normalized spacial score (nSPS) is 21.4. The molecule has 1 aliphatic carbocycles. The predicted molar refractivity (Wildman–Crippen MR) is 80.8 cm³/mol. The van der Waals surface area contributed by atoms with E-state index >= 15 is 0 Å². The number of nitrogens with one attached hydrogen (secondary N) is 1. The number of hydrogen-bond acceptors (Lipinski definition) is 3. The molecule has 0 radical (unpaired) electrons. The van der Waals surface area contributed by atoms with E-state index in [0.29, 0.717) is 5.69 Å². The Morgan fingerprint density at radius 2 is 1.71 bits per heavy atom. The van der Waals surface area contributed by atoms with Crippen molar-refractivity contribution < 1.29 is 13.2 Å². The van der Waals surface area contributed by atoms with Gasteiger partial charge in [0.05, 0.1) is 11.1 Å². The minimum Gasteiger partial charge on any atom is -0.335 e. The van der Waals surface area contributed by atoms with Crippen molar-refractivity contribution in [2.75, 3.05) is 11.1 Å². The van der Waals surface area contributed by atoms with Gasteiger partial charge in [0.15, 0.2) is 5.17 Å². The van der Waals surface area contributed by atoms with Gasteiger partial charge in [-0.3, -0.25) is 4.99 Å². The van der Waals surface area contributed by atoms with E-state index in [9.17, 15) is 13.2 Å². The van der Waals surface area contributed by atoms with E-state index in [1.54, 1.807) is 11.8 Å². The average Bonchev–Trinajstić information content (AvgIpc) is 2.82. The molecule has 1 aliphatic heterocycles. The van der Waals surface area contributed by atoms with Gasteiger partial charge in [-0.1, -0.05) is 31.0 Å². The third-order valence-corrected chi connectivity index (χ3v) is 5.21. The molecule has 21 heavy (non-hydrogen) atoms. The monoisotopic (exact) mass is 314 g/mol. The zero-order valence-corrected chi connectivity index (χ0v) is 12.4. The summed E-state index contributed by atoms with van der Waals surface area (Å²) in [5.74, 6) is 0.982. The van der Waals surface area contributed by atoms with E-state index in [4.69, 9.17) is 4.99 Å². The number of nitrogens with zero attached hydrogens (tertiary/aromatic N) is 1. The first-order chi connectivity index (χ1) is 9.97. The predicted octanol–water partition coefficient (Wildman–Crippen LogP) is 4.92. The molecule has 0 bridgehead atoms. The first-order valence-corrected chi connectivity index (χ1v) is 8.12. The minimum absolute atomic E-state index is 0.0666. The van der Waals surface area contributed by atoms with Gasteiger partial charge in [-0.25, -0.2) is 0 Å². The molecular formula is C15H17F3N2S. The van der Waals surface area contributed by atoms with E-state index in [1.165, 1.54) is 31.4 Å². The van der Waals surface area contributed by atoms with Gasteiger partial charge in [0, 0.05) is 11.4 Å². The van der Waals surface area contributed by atoms with Gasteiger partial charge in [-0.05, 0) is 37.1 Å². The second kappa shape index (κ2) is 5.55. The van der Waals surface area contributed by atoms with Crippen LogP contribution in [-0.2, 0) is 6.18 Å². The summed E-state index contributed by atoms with van der Waals surface area (Å²) in [7, 11) is 0. The molecule has 2 nitrogen and oxygen atoms in total. The van der Waals surface area contributed by atoms with Crippen molar-refractivity contribution in [3.63, 3.8) is 0 Å². The van der Waals surface area contributed by atoms with Gasteiger partial charge in [0.1, 0.15) is 0 Å². The van der Waals surface area contributed by atoms with Crippen LogP contribution in [0.1, 0.15) is 37.7 Å². The van der Waals surface area contributed by atoms with Crippen molar-refractivity contribution in [3.8, 4) is 0 Å². The quantitative estimate of drug-likeness (QED) is 0.795. The van der Waals surface area contributed by atoms with Gasteiger partial charge in [-0.15, -0.1) is 0 Å². The molecule has 0 amide bonds. The molecule has 1 N–H and O–H groups in total. The Morgan fingerprint density at radius 1 is 1.05 bits per heavy atom. The van der Waals surface area contributed by atoms with Gasteiger partial charge < -0.3 is 5.32 Å². The molecule has 6 heteroatoms. The zero-order chi connectivity index (χ0) is 14.9. The lowest BCUT2D eigenvalue weighted by atomic mass is 9.84. The molecule has 0 unspecified atom stereocenters. The molecule has 1 fully saturated rings. The van der Waals surface area contributed by atoms with Gasteiger partial charge >= 0.3 is 6.18 Å². The van der Waals surface area contributed by atoms with Gasteiger partial charge in [0.2, 0.25) is 0 Å². The van der Waals surface area contributed by atoms with Crippen LogP contribution in [0.5, 0.6) is 0 Å². The molecule has 3 rings (SSSR count). The van der Waals surface area contributed by atoms with Gasteiger partial charge in [0.25, 0.3) is 0 Å². The van der Waals surface area contributed by atoms with E-state index < -0.39 is 11.7 Å². The maximum atomic E-state index is 12.5. The lowest BCUT2D eigenvalue weighted by molar-refractivity contribution is -0.137. The first kappa shape index (κ1) is 14.8. The zero-order valence-electron chi connectivity index (χ0n) is 11.5. The Labute approximate surface area is 126 Å². The number of amidine groups is 1. The van der Waals surface area contributed by atoms with Crippen molar-refractivity contribution in [3.05, 3.63) is 29.8 Å². The summed E-state index contributed by atoms with van der Waals surface area (Å²) in [6.45, 7) is 0. The lowest BCUT2D eigenvalue weighted by Gasteiger charge is -2.29. The van der Waals surface area contributed by atoms with Crippen LogP contribution in [-0.4, -0.2) is 16.5 Å². The fourth-order valence-electron chi connectivity index (χ4n) is 2.88. The Morgan fingerprint density at radius 3 is 2.33 bits per heavy atom. The standard InChI is InChI=1S/C15H17F3N2S/c16-15(17,18)11-4-6-12(7-5-11)19-13-20-14(10-21-13)8-2-1-3-9-14/h4-7H,1-3,8-10H2,(H,19,20). The molecule has 0 aromatic heterocycles. The molecule has 1 spiro atoms. The highest BCUT2D eigenvalue weighted by molar-refractivity contribution is 8.14. The number of rotatable bonds is 1. The summed E-state index contributed by atoms with van der Waals surface area (Å²) in [6, 6.07) is 5.10. The summed E-state index contributed by atoms with van der Waals surface area (Å²) in [5.41, 5.74) is 0.0943. The molecular weight excluding hydrogens is 297 g/mol. The number of aliphatic imine (C=N–C) groups is 1. The topological polar surface area (TPSA) is 24.4 Å². The third-order valence-electron chi connectivity index (χ3n) is 4.06. The molecule has 0 atom stereocenters. The highest BCUT2D eigenvalue weighted by Gasteiger charge is 2.36. The van der Waals surface area contributed by atoms with Crippen LogP contribution in [0.15, 0.2) is 29.3 Å².